The molecule has 2 aromatic carbocycles. The Bertz CT molecular complexity index is 1850. The second-order valence-corrected chi connectivity index (χ2v) is 12.2. The third kappa shape index (κ3) is 3.61. The maximum atomic E-state index is 13.9. The Balaban J connectivity index is 1.66. The zero-order valence-corrected chi connectivity index (χ0v) is 24.2. The molecule has 1 fully saturated rings. The number of benzene rings is 2. The van der Waals surface area contributed by atoms with Gasteiger partial charge in [-0.15, -0.1) is 29.8 Å². The number of alkyl halides is 2. The summed E-state index contributed by atoms with van der Waals surface area (Å²) >= 11 is 26.8. The Morgan fingerprint density at radius 3 is 2.32 bits per heavy atom. The van der Waals surface area contributed by atoms with Gasteiger partial charge in [0.1, 0.15) is 25.6 Å². The summed E-state index contributed by atoms with van der Waals surface area (Å²) in [6, 6.07) is 12.3. The molecule has 3 aliphatic rings. The number of nitrogens with zero attached hydrogens (tertiary/aromatic N) is 3. The molecule has 6 rings (SSSR count). The molecule has 3 aromatic rings. The topological polar surface area (TPSA) is 103 Å². The largest absolute Gasteiger partial charge is 0.507 e. The second-order valence-electron chi connectivity index (χ2n) is 10.2. The van der Waals surface area contributed by atoms with E-state index in [1.54, 1.807) is 60.7 Å². The van der Waals surface area contributed by atoms with Crippen molar-refractivity contribution in [3.63, 3.8) is 0 Å². The van der Waals surface area contributed by atoms with Crippen LogP contribution >= 0.6 is 46.4 Å². The summed E-state index contributed by atoms with van der Waals surface area (Å²) in [4.78, 5) is 50.6. The van der Waals surface area contributed by atoms with E-state index in [4.69, 9.17) is 46.4 Å². The van der Waals surface area contributed by atoms with Gasteiger partial charge < -0.3 is 5.11 Å². The number of phenolic OH excluding ortho intramolecular Hbond substituents is 1. The minimum Gasteiger partial charge on any atom is -0.507 e. The van der Waals surface area contributed by atoms with E-state index in [1.807, 2.05) is 0 Å². The molecule has 0 bridgehead atoms. The molecule has 0 saturated heterocycles. The molecule has 210 valence electrons. The lowest BCUT2D eigenvalue weighted by Crippen LogP contribution is -2.67. The number of carbonyl (C=O) groups is 2. The lowest BCUT2D eigenvalue weighted by Gasteiger charge is -2.54. The quantitative estimate of drug-likeness (QED) is 0.332. The number of carbonyl (C=O) groups excluding carboxylic acids is 2. The minimum atomic E-state index is -2.22. The minimum absolute atomic E-state index is 0.0436. The highest BCUT2D eigenvalue weighted by Gasteiger charge is 2.71. The van der Waals surface area contributed by atoms with Crippen LogP contribution in [0.4, 0.5) is 0 Å². The number of phenols is 1. The van der Waals surface area contributed by atoms with Crippen molar-refractivity contribution in [1.82, 2.24) is 13.9 Å². The average Bonchev–Trinajstić information content (AvgIpc) is 3.23. The summed E-state index contributed by atoms with van der Waals surface area (Å²) < 4.78 is 3.50. The summed E-state index contributed by atoms with van der Waals surface area (Å²) in [5.74, 6) is -3.17. The van der Waals surface area contributed by atoms with Crippen LogP contribution in [0.15, 0.2) is 92.5 Å². The van der Waals surface area contributed by atoms with Gasteiger partial charge >= 0.3 is 11.4 Å². The van der Waals surface area contributed by atoms with Crippen LogP contribution in [0, 0.1) is 0 Å². The van der Waals surface area contributed by atoms with Gasteiger partial charge in [-0.3, -0.25) is 9.59 Å². The molecule has 0 radical (unpaired) electrons. The Morgan fingerprint density at radius 1 is 0.951 bits per heavy atom. The molecule has 12 heteroatoms. The number of aromatic hydroxyl groups is 1. The summed E-state index contributed by atoms with van der Waals surface area (Å²) in [6.45, 7) is 3.68. The van der Waals surface area contributed by atoms with Crippen LogP contribution in [-0.2, 0) is 22.6 Å². The first-order valence-electron chi connectivity index (χ1n) is 12.6. The first-order valence-corrected chi connectivity index (χ1v) is 14.1. The highest BCUT2D eigenvalue weighted by Crippen LogP contribution is 2.64. The van der Waals surface area contributed by atoms with Crippen LogP contribution < -0.4 is 11.4 Å². The zero-order valence-electron chi connectivity index (χ0n) is 21.2. The van der Waals surface area contributed by atoms with Crippen molar-refractivity contribution < 1.29 is 14.7 Å². The van der Waals surface area contributed by atoms with E-state index in [9.17, 15) is 24.3 Å². The van der Waals surface area contributed by atoms with E-state index in [0.717, 1.165) is 4.57 Å². The molecule has 2 aliphatic carbocycles. The molecule has 0 unspecified atom stereocenters. The zero-order chi connectivity index (χ0) is 29.4. The molecule has 41 heavy (non-hydrogen) atoms. The van der Waals surface area contributed by atoms with Gasteiger partial charge in [-0.2, -0.15) is 0 Å². The van der Waals surface area contributed by atoms with Crippen molar-refractivity contribution in [3.8, 4) is 11.4 Å². The smallest absolute Gasteiger partial charge is 0.352 e. The lowest BCUT2D eigenvalue weighted by molar-refractivity contribution is -0.128. The monoisotopic (exact) mass is 631 g/mol. The molecule has 0 amide bonds. The molecule has 1 aliphatic heterocycles. The van der Waals surface area contributed by atoms with E-state index < -0.39 is 54.7 Å². The van der Waals surface area contributed by atoms with Crippen molar-refractivity contribution in [2.45, 2.75) is 41.1 Å². The van der Waals surface area contributed by atoms with Gasteiger partial charge in [0.05, 0.1) is 18.3 Å². The number of ketones is 2. The molecule has 1 aromatic heterocycles. The number of halogens is 4. The van der Waals surface area contributed by atoms with E-state index in [-0.39, 0.29) is 24.3 Å². The molecule has 8 nitrogen and oxygen atoms in total. The highest BCUT2D eigenvalue weighted by atomic mass is 35.5. The number of hydrogen-bond acceptors (Lipinski definition) is 5. The summed E-state index contributed by atoms with van der Waals surface area (Å²) in [6.07, 6.45) is 3.23. The lowest BCUT2D eigenvalue weighted by atomic mass is 9.59. The molecule has 1 N–H and O–H groups in total. The molecular weight excluding hydrogens is 612 g/mol. The maximum Gasteiger partial charge on any atom is 0.352 e. The van der Waals surface area contributed by atoms with Gasteiger partial charge in [0.15, 0.2) is 11.6 Å². The Kier molecular flexibility index (Phi) is 6.54. The second kappa shape index (κ2) is 9.63. The van der Waals surface area contributed by atoms with E-state index in [0.29, 0.717) is 23.2 Å². The Hall–Kier alpha value is -3.30. The maximum absolute atomic E-state index is 13.9. The van der Waals surface area contributed by atoms with Crippen molar-refractivity contribution in [2.75, 3.05) is 0 Å². The third-order valence-corrected chi connectivity index (χ3v) is 10.4. The predicted octanol–water partition coefficient (Wildman–Crippen LogP) is 4.70. The Labute approximate surface area is 253 Å². The number of para-hydroxylation sites is 2. The van der Waals surface area contributed by atoms with Gasteiger partial charge in [0, 0.05) is 17.9 Å². The van der Waals surface area contributed by atoms with Gasteiger partial charge in [-0.1, -0.05) is 71.8 Å². The number of rotatable bonds is 4. The number of aromatic nitrogens is 3. The van der Waals surface area contributed by atoms with Crippen LogP contribution in [0.5, 0.6) is 5.75 Å². The molecule has 1 saturated carbocycles. The van der Waals surface area contributed by atoms with Gasteiger partial charge in [-0.05, 0) is 29.7 Å². The normalized spacial score (nSPS) is 27.2. The van der Waals surface area contributed by atoms with Crippen molar-refractivity contribution in [1.29, 1.82) is 0 Å². The fraction of sp³-hybridized carbons (Fsp3) is 0.241. The Morgan fingerprint density at radius 2 is 1.63 bits per heavy atom. The van der Waals surface area contributed by atoms with Crippen LogP contribution in [0.2, 0.25) is 0 Å². The molecule has 0 spiro atoms. The van der Waals surface area contributed by atoms with Gasteiger partial charge in [0.2, 0.25) is 0 Å². The van der Waals surface area contributed by atoms with Gasteiger partial charge in [-0.25, -0.2) is 23.5 Å². The summed E-state index contributed by atoms with van der Waals surface area (Å²) in [5, 5.41) is 10.3. The number of Topliss-reactive ketones (excluding diaryl/α,β-unsaturated/α-hetero) is 2. The van der Waals surface area contributed by atoms with Crippen LogP contribution in [0.1, 0.15) is 29.5 Å². The SMILES string of the molecule is C=CCc1cccc([C@H]2C3=CCn4c(=O)n(-c5ccccc5)c(=O)n4[C@@H]3C[C@@]3(Cl)C(=O)C(Cl)=C(Cl)C(=O)[C@@]23Cl)c1O. The van der Waals surface area contributed by atoms with Crippen LogP contribution in [0.3, 0.4) is 0 Å². The van der Waals surface area contributed by atoms with Crippen molar-refractivity contribution in [3.05, 3.63) is 115 Å². The molecule has 2 heterocycles. The first kappa shape index (κ1) is 27.8. The predicted molar refractivity (Wildman–Crippen MR) is 157 cm³/mol. The van der Waals surface area contributed by atoms with E-state index in [1.165, 1.54) is 9.36 Å². The van der Waals surface area contributed by atoms with Crippen LogP contribution in [0.25, 0.3) is 5.69 Å². The highest BCUT2D eigenvalue weighted by molar-refractivity contribution is 6.66. The summed E-state index contributed by atoms with van der Waals surface area (Å²) in [7, 11) is 0. The first-order chi connectivity index (χ1) is 19.5. The fourth-order valence-corrected chi connectivity index (χ4v) is 7.79. The van der Waals surface area contributed by atoms with Gasteiger partial charge in [0.25, 0.3) is 0 Å². The van der Waals surface area contributed by atoms with E-state index in [2.05, 4.69) is 6.58 Å². The average molecular weight is 633 g/mol. The van der Waals surface area contributed by atoms with E-state index >= 15 is 0 Å². The molecule has 4 atom stereocenters. The van der Waals surface area contributed by atoms with Crippen LogP contribution in [-0.4, -0.2) is 40.4 Å². The molecular formula is C29H21Cl4N3O5. The third-order valence-electron chi connectivity index (χ3n) is 8.14. The fourth-order valence-electron chi connectivity index (χ4n) is 6.28. The number of hydrogen-bond donors (Lipinski definition) is 1. The number of allylic oxidation sites excluding steroid dienone is 5. The number of fused-ring (bicyclic) bond motifs is 4. The summed E-state index contributed by atoms with van der Waals surface area (Å²) in [5.41, 5.74) is 0.220. The standard InChI is InChI=1S/C29H21Cl4N3O5/c1-2-7-15-8-6-11-18(23(15)37)20-17-12-13-34-26(40)35(16-9-4-3-5-10-16)27(41)36(34)19(17)14-28(32)24(38)21(30)22(31)25(39)29(20,28)33/h2-6,8-12,19-20,37H,1,7,13-14H2/t19-,20-,28-,29+/m1/s1. The van der Waals surface area contributed by atoms with Crippen molar-refractivity contribution >= 4 is 58.0 Å². The van der Waals surface area contributed by atoms with Crippen molar-refractivity contribution in [2.24, 2.45) is 0 Å².